The summed E-state index contributed by atoms with van der Waals surface area (Å²) in [5.74, 6) is -1.12. The first-order valence-corrected chi connectivity index (χ1v) is 6.16. The van der Waals surface area contributed by atoms with Crippen LogP contribution >= 0.6 is 0 Å². The van der Waals surface area contributed by atoms with E-state index in [2.05, 4.69) is 5.32 Å². The molecule has 106 valence electrons. The van der Waals surface area contributed by atoms with Gasteiger partial charge in [-0.05, 0) is 24.6 Å². The van der Waals surface area contributed by atoms with Crippen LogP contribution in [0.4, 0.5) is 11.4 Å². The van der Waals surface area contributed by atoms with E-state index in [9.17, 15) is 14.4 Å². The van der Waals surface area contributed by atoms with E-state index in [0.717, 1.165) is 4.90 Å². The van der Waals surface area contributed by atoms with Crippen molar-refractivity contribution in [3.63, 3.8) is 0 Å². The van der Waals surface area contributed by atoms with Crippen molar-refractivity contribution in [3.05, 3.63) is 23.8 Å². The van der Waals surface area contributed by atoms with Gasteiger partial charge in [0.2, 0.25) is 5.91 Å². The number of benzene rings is 1. The zero-order valence-electron chi connectivity index (χ0n) is 11.1. The molecular weight excluding hydrogens is 260 g/mol. The number of rotatable bonds is 3. The lowest BCUT2D eigenvalue weighted by Gasteiger charge is -2.28. The Morgan fingerprint density at radius 1 is 1.40 bits per heavy atom. The number of hydrogen-bond acceptors (Lipinski definition) is 5. The maximum Gasteiger partial charge on any atom is 0.251 e. The molecule has 1 aromatic carbocycles. The van der Waals surface area contributed by atoms with Crippen molar-refractivity contribution in [2.24, 2.45) is 5.73 Å². The Hall–Kier alpha value is -2.57. The van der Waals surface area contributed by atoms with E-state index >= 15 is 0 Å². The number of hydrogen-bond donors (Lipinski definition) is 3. The number of primary amides is 1. The summed E-state index contributed by atoms with van der Waals surface area (Å²) in [4.78, 5) is 35.7. The summed E-state index contributed by atoms with van der Waals surface area (Å²) in [6, 6.07) is 4.21. The van der Waals surface area contributed by atoms with Crippen LogP contribution in [0.5, 0.6) is 0 Å². The number of carbonyl (C=O) groups is 3. The molecule has 1 heterocycles. The third-order valence-electron chi connectivity index (χ3n) is 3.31. The molecule has 1 fully saturated rings. The molecule has 0 bridgehead atoms. The predicted molar refractivity (Wildman–Crippen MR) is 73.8 cm³/mol. The Morgan fingerprint density at radius 3 is 2.75 bits per heavy atom. The first-order chi connectivity index (χ1) is 9.40. The number of imide groups is 1. The first kappa shape index (κ1) is 13.9. The van der Waals surface area contributed by atoms with Crippen molar-refractivity contribution in [2.45, 2.75) is 18.9 Å². The standard InChI is InChI=1S/C13H16N4O3/c1-17-11(18)5-4-10(13(17)20)16-7-2-3-9(14)8(6-7)12(15)19/h2-3,6,10,16H,4-5,14H2,1H3,(H2,15,19). The Bertz CT molecular complexity index is 585. The lowest BCUT2D eigenvalue weighted by Crippen LogP contribution is -2.48. The summed E-state index contributed by atoms with van der Waals surface area (Å²) in [6.45, 7) is 0. The average Bonchev–Trinajstić information content (AvgIpc) is 2.41. The number of piperidine rings is 1. The van der Waals surface area contributed by atoms with Crippen LogP contribution in [0.15, 0.2) is 18.2 Å². The molecule has 1 aliphatic heterocycles. The molecule has 0 spiro atoms. The SMILES string of the molecule is CN1C(=O)CCC(Nc2ccc(N)c(C(N)=O)c2)C1=O. The molecule has 7 nitrogen and oxygen atoms in total. The molecule has 0 radical (unpaired) electrons. The molecule has 1 unspecified atom stereocenters. The third-order valence-corrected chi connectivity index (χ3v) is 3.31. The average molecular weight is 276 g/mol. The first-order valence-electron chi connectivity index (χ1n) is 6.16. The summed E-state index contributed by atoms with van der Waals surface area (Å²) in [6.07, 6.45) is 0.718. The second-order valence-electron chi connectivity index (χ2n) is 4.69. The summed E-state index contributed by atoms with van der Waals surface area (Å²) >= 11 is 0. The minimum atomic E-state index is -0.631. The van der Waals surface area contributed by atoms with Crippen molar-refractivity contribution < 1.29 is 14.4 Å². The molecule has 5 N–H and O–H groups in total. The number of nitrogens with two attached hydrogens (primary N) is 2. The van der Waals surface area contributed by atoms with Gasteiger partial charge in [-0.2, -0.15) is 0 Å². The quantitative estimate of drug-likeness (QED) is 0.527. The number of nitrogen functional groups attached to an aromatic ring is 1. The topological polar surface area (TPSA) is 119 Å². The van der Waals surface area contributed by atoms with Crippen LogP contribution in [0.1, 0.15) is 23.2 Å². The monoisotopic (exact) mass is 276 g/mol. The van der Waals surface area contributed by atoms with Gasteiger partial charge in [0.15, 0.2) is 0 Å². The van der Waals surface area contributed by atoms with Gasteiger partial charge in [0.25, 0.3) is 11.8 Å². The van der Waals surface area contributed by atoms with Crippen LogP contribution in [0.3, 0.4) is 0 Å². The Kier molecular flexibility index (Phi) is 3.60. The fourth-order valence-corrected chi connectivity index (χ4v) is 2.11. The zero-order chi connectivity index (χ0) is 14.9. The predicted octanol–water partition coefficient (Wildman–Crippen LogP) is -0.0730. The highest BCUT2D eigenvalue weighted by Crippen LogP contribution is 2.21. The lowest BCUT2D eigenvalue weighted by molar-refractivity contribution is -0.146. The molecule has 0 saturated carbocycles. The van der Waals surface area contributed by atoms with Gasteiger partial charge in [0, 0.05) is 24.8 Å². The normalized spacial score (nSPS) is 19.1. The van der Waals surface area contributed by atoms with Crippen LogP contribution in [0.2, 0.25) is 0 Å². The molecule has 1 aromatic rings. The Balaban J connectivity index is 2.18. The smallest absolute Gasteiger partial charge is 0.251 e. The minimum absolute atomic E-state index is 0.191. The Labute approximate surface area is 115 Å². The van der Waals surface area contributed by atoms with Crippen molar-refractivity contribution >= 4 is 29.1 Å². The number of amides is 3. The van der Waals surface area contributed by atoms with E-state index in [0.29, 0.717) is 18.5 Å². The number of nitrogens with one attached hydrogen (secondary N) is 1. The molecule has 20 heavy (non-hydrogen) atoms. The largest absolute Gasteiger partial charge is 0.398 e. The molecular formula is C13H16N4O3. The van der Waals surface area contributed by atoms with E-state index in [-0.39, 0.29) is 23.1 Å². The molecule has 1 saturated heterocycles. The van der Waals surface area contributed by atoms with Crippen molar-refractivity contribution in [2.75, 3.05) is 18.1 Å². The van der Waals surface area contributed by atoms with Crippen molar-refractivity contribution in [3.8, 4) is 0 Å². The van der Waals surface area contributed by atoms with Gasteiger partial charge in [-0.1, -0.05) is 0 Å². The number of likely N-dealkylation sites (tertiary alicyclic amines) is 1. The summed E-state index contributed by atoms with van der Waals surface area (Å²) < 4.78 is 0. The van der Waals surface area contributed by atoms with Crippen molar-refractivity contribution in [1.82, 2.24) is 4.90 Å². The number of likely N-dealkylation sites (N-methyl/N-ethyl adjacent to an activating group) is 1. The molecule has 1 atom stereocenters. The van der Waals surface area contributed by atoms with Gasteiger partial charge in [-0.15, -0.1) is 0 Å². The molecule has 1 aliphatic rings. The summed E-state index contributed by atoms with van der Waals surface area (Å²) in [5.41, 5.74) is 11.9. The van der Waals surface area contributed by atoms with Gasteiger partial charge in [0.05, 0.1) is 5.56 Å². The van der Waals surface area contributed by atoms with Crippen LogP contribution in [-0.2, 0) is 9.59 Å². The van der Waals surface area contributed by atoms with Crippen LogP contribution in [-0.4, -0.2) is 35.7 Å². The van der Waals surface area contributed by atoms with Gasteiger partial charge in [-0.3, -0.25) is 19.3 Å². The van der Waals surface area contributed by atoms with Gasteiger partial charge >= 0.3 is 0 Å². The van der Waals surface area contributed by atoms with Crippen LogP contribution in [0, 0.1) is 0 Å². The fraction of sp³-hybridized carbons (Fsp3) is 0.308. The number of carbonyl (C=O) groups excluding carboxylic acids is 3. The number of nitrogens with zero attached hydrogens (tertiary/aromatic N) is 1. The third kappa shape index (κ3) is 2.56. The molecule has 7 heteroatoms. The number of anilines is 2. The lowest BCUT2D eigenvalue weighted by atomic mass is 10.0. The second kappa shape index (κ2) is 5.20. The minimum Gasteiger partial charge on any atom is -0.398 e. The van der Waals surface area contributed by atoms with E-state index < -0.39 is 11.9 Å². The highest BCUT2D eigenvalue weighted by molar-refractivity contribution is 6.02. The maximum atomic E-state index is 12.0. The fourth-order valence-electron chi connectivity index (χ4n) is 2.11. The maximum absolute atomic E-state index is 12.0. The highest BCUT2D eigenvalue weighted by Gasteiger charge is 2.31. The highest BCUT2D eigenvalue weighted by atomic mass is 16.2. The van der Waals surface area contributed by atoms with Gasteiger partial charge < -0.3 is 16.8 Å². The molecule has 0 aromatic heterocycles. The second-order valence-corrected chi connectivity index (χ2v) is 4.69. The van der Waals surface area contributed by atoms with Crippen LogP contribution < -0.4 is 16.8 Å². The van der Waals surface area contributed by atoms with Gasteiger partial charge in [0.1, 0.15) is 6.04 Å². The molecule has 0 aliphatic carbocycles. The van der Waals surface area contributed by atoms with E-state index in [4.69, 9.17) is 11.5 Å². The summed E-state index contributed by atoms with van der Waals surface area (Å²) in [7, 11) is 1.45. The summed E-state index contributed by atoms with van der Waals surface area (Å²) in [5, 5.41) is 3.00. The zero-order valence-corrected chi connectivity index (χ0v) is 11.1. The van der Waals surface area contributed by atoms with E-state index in [1.807, 2.05) is 0 Å². The van der Waals surface area contributed by atoms with Crippen LogP contribution in [0.25, 0.3) is 0 Å². The molecule has 3 amide bonds. The Morgan fingerprint density at radius 2 is 2.10 bits per heavy atom. The van der Waals surface area contributed by atoms with E-state index in [1.165, 1.54) is 13.1 Å². The van der Waals surface area contributed by atoms with E-state index in [1.54, 1.807) is 12.1 Å². The molecule has 2 rings (SSSR count). The van der Waals surface area contributed by atoms with Gasteiger partial charge in [-0.25, -0.2) is 0 Å². The van der Waals surface area contributed by atoms with Crippen molar-refractivity contribution in [1.29, 1.82) is 0 Å².